The Labute approximate surface area is 74.1 Å². The van der Waals surface area contributed by atoms with Crippen molar-refractivity contribution in [3.05, 3.63) is 22.7 Å². The Hall–Kier alpha value is -0.700. The molecule has 0 fully saturated rings. The lowest BCUT2D eigenvalue weighted by atomic mass is 10.2. The molecule has 0 amide bonds. The summed E-state index contributed by atoms with van der Waals surface area (Å²) >= 11 is 3.48. The zero-order valence-electron chi connectivity index (χ0n) is 6.02. The molecule has 1 aromatic carbocycles. The Morgan fingerprint density at radius 2 is 2.00 bits per heavy atom. The van der Waals surface area contributed by atoms with E-state index in [4.69, 9.17) is 0 Å². The molecule has 0 aliphatic carbocycles. The Morgan fingerprint density at radius 1 is 1.18 bits per heavy atom. The van der Waals surface area contributed by atoms with E-state index in [2.05, 4.69) is 32.6 Å². The Kier molecular flexibility index (Phi) is 1.74. The number of hydrogen-bond donors (Lipinski definition) is 2. The summed E-state index contributed by atoms with van der Waals surface area (Å²) in [7, 11) is 0. The lowest BCUT2D eigenvalue weighted by molar-refractivity contribution is 1.04. The van der Waals surface area contributed by atoms with Crippen molar-refractivity contribution >= 4 is 27.3 Å². The van der Waals surface area contributed by atoms with Crippen LogP contribution < -0.4 is 10.6 Å². The molecular weight excluding hydrogens is 204 g/mol. The van der Waals surface area contributed by atoms with Gasteiger partial charge in [0.2, 0.25) is 0 Å². The summed E-state index contributed by atoms with van der Waals surface area (Å²) in [6, 6.07) is 6.15. The smallest absolute Gasteiger partial charge is 0.0720 e. The summed E-state index contributed by atoms with van der Waals surface area (Å²) in [5, 5.41) is 6.63. The summed E-state index contributed by atoms with van der Waals surface area (Å²) in [4.78, 5) is 0. The maximum atomic E-state index is 3.48. The third kappa shape index (κ3) is 1.20. The molecule has 2 nitrogen and oxygen atoms in total. The van der Waals surface area contributed by atoms with Crippen LogP contribution in [0.15, 0.2) is 22.7 Å². The predicted octanol–water partition coefficient (Wildman–Crippen LogP) is 2.29. The van der Waals surface area contributed by atoms with E-state index >= 15 is 0 Å². The van der Waals surface area contributed by atoms with Crippen LogP contribution in [0.1, 0.15) is 0 Å². The Balaban J connectivity index is 2.49. The minimum absolute atomic E-state index is 0.996. The molecule has 2 N–H and O–H groups in total. The molecule has 0 unspecified atom stereocenters. The third-order valence-corrected chi connectivity index (χ3v) is 2.42. The van der Waals surface area contributed by atoms with Crippen molar-refractivity contribution in [3.63, 3.8) is 0 Å². The summed E-state index contributed by atoms with van der Waals surface area (Å²) in [6.07, 6.45) is 0. The highest BCUT2D eigenvalue weighted by Crippen LogP contribution is 2.31. The number of rotatable bonds is 0. The third-order valence-electron chi connectivity index (χ3n) is 1.76. The molecule has 11 heavy (non-hydrogen) atoms. The van der Waals surface area contributed by atoms with E-state index in [0.717, 1.165) is 17.6 Å². The summed E-state index contributed by atoms with van der Waals surface area (Å²) < 4.78 is 1.13. The van der Waals surface area contributed by atoms with E-state index in [1.54, 1.807) is 0 Å². The molecule has 0 radical (unpaired) electrons. The first-order valence-corrected chi connectivity index (χ1v) is 4.43. The van der Waals surface area contributed by atoms with Gasteiger partial charge < -0.3 is 10.6 Å². The molecule has 0 bridgehead atoms. The molecule has 2 rings (SSSR count). The van der Waals surface area contributed by atoms with Gasteiger partial charge in [-0.2, -0.15) is 0 Å². The van der Waals surface area contributed by atoms with E-state index < -0.39 is 0 Å². The number of hydrogen-bond acceptors (Lipinski definition) is 2. The number of fused-ring (bicyclic) bond motifs is 1. The van der Waals surface area contributed by atoms with Gasteiger partial charge in [0.1, 0.15) is 0 Å². The van der Waals surface area contributed by atoms with E-state index in [1.165, 1.54) is 11.4 Å². The number of nitrogens with one attached hydrogen (secondary N) is 2. The van der Waals surface area contributed by atoms with Gasteiger partial charge in [-0.1, -0.05) is 6.07 Å². The van der Waals surface area contributed by atoms with Crippen LogP contribution in [0.3, 0.4) is 0 Å². The van der Waals surface area contributed by atoms with Gasteiger partial charge in [0.15, 0.2) is 0 Å². The van der Waals surface area contributed by atoms with Crippen LogP contribution in [0.5, 0.6) is 0 Å². The van der Waals surface area contributed by atoms with Gasteiger partial charge in [-0.05, 0) is 28.1 Å². The molecular formula is C8H9BrN2. The molecule has 0 saturated carbocycles. The minimum atomic E-state index is 0.996. The standard InChI is InChI=1S/C8H9BrN2/c9-6-2-1-3-7-8(6)11-5-4-10-7/h1-3,10-11H,4-5H2. The zero-order chi connectivity index (χ0) is 7.68. The van der Waals surface area contributed by atoms with E-state index in [0.29, 0.717) is 0 Å². The van der Waals surface area contributed by atoms with E-state index in [-0.39, 0.29) is 0 Å². The summed E-state index contributed by atoms with van der Waals surface area (Å²) in [5.74, 6) is 0. The highest BCUT2D eigenvalue weighted by molar-refractivity contribution is 9.10. The van der Waals surface area contributed by atoms with Gasteiger partial charge in [0, 0.05) is 17.6 Å². The SMILES string of the molecule is Brc1cccc2c1NCCN2. The first kappa shape index (κ1) is 6.98. The zero-order valence-corrected chi connectivity index (χ0v) is 7.61. The van der Waals surface area contributed by atoms with Crippen LogP contribution in [0.4, 0.5) is 11.4 Å². The molecule has 1 aliphatic heterocycles. The molecule has 1 aromatic rings. The van der Waals surface area contributed by atoms with E-state index in [1.807, 2.05) is 12.1 Å². The average molecular weight is 213 g/mol. The van der Waals surface area contributed by atoms with Crippen molar-refractivity contribution in [2.24, 2.45) is 0 Å². The Morgan fingerprint density at radius 3 is 2.82 bits per heavy atom. The average Bonchev–Trinajstić information content (AvgIpc) is 2.06. The van der Waals surface area contributed by atoms with Crippen LogP contribution in [0.25, 0.3) is 0 Å². The molecule has 0 saturated heterocycles. The van der Waals surface area contributed by atoms with Crippen LogP contribution in [0, 0.1) is 0 Å². The van der Waals surface area contributed by atoms with Crippen molar-refractivity contribution in [1.29, 1.82) is 0 Å². The normalized spacial score (nSPS) is 14.6. The second kappa shape index (κ2) is 2.74. The van der Waals surface area contributed by atoms with Gasteiger partial charge in [0.05, 0.1) is 11.4 Å². The molecule has 1 aliphatic rings. The second-order valence-electron chi connectivity index (χ2n) is 2.52. The van der Waals surface area contributed by atoms with Crippen LogP contribution >= 0.6 is 15.9 Å². The van der Waals surface area contributed by atoms with Crippen LogP contribution in [-0.4, -0.2) is 13.1 Å². The van der Waals surface area contributed by atoms with Crippen molar-refractivity contribution in [3.8, 4) is 0 Å². The van der Waals surface area contributed by atoms with Gasteiger partial charge in [0.25, 0.3) is 0 Å². The van der Waals surface area contributed by atoms with Crippen molar-refractivity contribution in [1.82, 2.24) is 0 Å². The Bertz CT molecular complexity index is 273. The van der Waals surface area contributed by atoms with Crippen molar-refractivity contribution < 1.29 is 0 Å². The number of benzene rings is 1. The predicted molar refractivity (Wildman–Crippen MR) is 51.1 cm³/mol. The summed E-state index contributed by atoms with van der Waals surface area (Å²) in [6.45, 7) is 2.00. The van der Waals surface area contributed by atoms with Crippen molar-refractivity contribution in [2.45, 2.75) is 0 Å². The first-order valence-electron chi connectivity index (χ1n) is 3.64. The lowest BCUT2D eigenvalue weighted by Gasteiger charge is -2.20. The maximum absolute atomic E-state index is 3.48. The van der Waals surface area contributed by atoms with Gasteiger partial charge in [-0.15, -0.1) is 0 Å². The molecule has 0 spiro atoms. The topological polar surface area (TPSA) is 24.1 Å². The molecule has 0 aromatic heterocycles. The molecule has 3 heteroatoms. The molecule has 0 atom stereocenters. The van der Waals surface area contributed by atoms with Crippen molar-refractivity contribution in [2.75, 3.05) is 23.7 Å². The molecule has 1 heterocycles. The maximum Gasteiger partial charge on any atom is 0.0720 e. The van der Waals surface area contributed by atoms with Gasteiger partial charge in [-0.3, -0.25) is 0 Å². The lowest BCUT2D eigenvalue weighted by Crippen LogP contribution is -2.20. The van der Waals surface area contributed by atoms with Crippen LogP contribution in [-0.2, 0) is 0 Å². The fraction of sp³-hybridized carbons (Fsp3) is 0.250. The summed E-state index contributed by atoms with van der Waals surface area (Å²) in [5.41, 5.74) is 2.37. The van der Waals surface area contributed by atoms with Gasteiger partial charge in [-0.25, -0.2) is 0 Å². The van der Waals surface area contributed by atoms with Gasteiger partial charge >= 0.3 is 0 Å². The van der Waals surface area contributed by atoms with E-state index in [9.17, 15) is 0 Å². The number of anilines is 2. The number of para-hydroxylation sites is 1. The fourth-order valence-corrected chi connectivity index (χ4v) is 1.74. The first-order chi connectivity index (χ1) is 5.38. The quantitative estimate of drug-likeness (QED) is 0.690. The largest absolute Gasteiger partial charge is 0.382 e. The molecule has 58 valence electrons. The van der Waals surface area contributed by atoms with Crippen LogP contribution in [0.2, 0.25) is 0 Å². The number of halogens is 1. The second-order valence-corrected chi connectivity index (χ2v) is 3.37. The minimum Gasteiger partial charge on any atom is -0.382 e. The monoisotopic (exact) mass is 212 g/mol. The fourth-order valence-electron chi connectivity index (χ4n) is 1.24. The highest BCUT2D eigenvalue weighted by atomic mass is 79.9. The highest BCUT2D eigenvalue weighted by Gasteiger charge is 2.08.